The zero-order valence-electron chi connectivity index (χ0n) is 9.67. The predicted molar refractivity (Wildman–Crippen MR) is 71.3 cm³/mol. The summed E-state index contributed by atoms with van der Waals surface area (Å²) in [5.41, 5.74) is 2.56. The Kier molecular flexibility index (Phi) is 3.89. The van der Waals surface area contributed by atoms with Gasteiger partial charge in [0.1, 0.15) is 0 Å². The summed E-state index contributed by atoms with van der Waals surface area (Å²) in [7, 11) is 0. The predicted octanol–water partition coefficient (Wildman–Crippen LogP) is 4.60. The van der Waals surface area contributed by atoms with Gasteiger partial charge in [-0.25, -0.2) is 0 Å². The Bertz CT molecular complexity index is 384. The number of halogens is 1. The van der Waals surface area contributed by atoms with Crippen molar-refractivity contribution in [2.45, 2.75) is 32.1 Å². The highest BCUT2D eigenvalue weighted by Crippen LogP contribution is 2.34. The molecule has 1 unspecified atom stereocenters. The third kappa shape index (κ3) is 2.59. The van der Waals surface area contributed by atoms with Crippen LogP contribution < -0.4 is 5.32 Å². The van der Waals surface area contributed by atoms with Gasteiger partial charge in [-0.1, -0.05) is 23.8 Å². The normalized spacial score (nSPS) is 19.8. The molecule has 1 aromatic carbocycles. The van der Waals surface area contributed by atoms with E-state index in [9.17, 15) is 0 Å². The summed E-state index contributed by atoms with van der Waals surface area (Å²) < 4.78 is 0. The van der Waals surface area contributed by atoms with Crippen LogP contribution in [0.2, 0.25) is 5.02 Å². The SMILES string of the molecule is CCNc1ccc(Cl)cc1C1C=CCCC1. The molecular weight excluding hydrogens is 218 g/mol. The van der Waals surface area contributed by atoms with Gasteiger partial charge in [-0.15, -0.1) is 0 Å². The van der Waals surface area contributed by atoms with Crippen LogP contribution >= 0.6 is 11.6 Å². The number of nitrogens with one attached hydrogen (secondary N) is 1. The fraction of sp³-hybridized carbons (Fsp3) is 0.429. The maximum absolute atomic E-state index is 6.08. The maximum atomic E-state index is 6.08. The molecule has 1 aliphatic rings. The first kappa shape index (κ1) is 11.5. The molecule has 86 valence electrons. The number of rotatable bonds is 3. The number of benzene rings is 1. The van der Waals surface area contributed by atoms with Crippen molar-refractivity contribution in [3.05, 3.63) is 40.9 Å². The van der Waals surface area contributed by atoms with Crippen LogP contribution in [0.25, 0.3) is 0 Å². The van der Waals surface area contributed by atoms with E-state index in [2.05, 4.69) is 36.5 Å². The van der Waals surface area contributed by atoms with Gasteiger partial charge in [0.15, 0.2) is 0 Å². The summed E-state index contributed by atoms with van der Waals surface area (Å²) in [5.74, 6) is 0.529. The summed E-state index contributed by atoms with van der Waals surface area (Å²) >= 11 is 6.08. The molecule has 1 N–H and O–H groups in total. The van der Waals surface area contributed by atoms with E-state index in [1.165, 1.54) is 30.5 Å². The lowest BCUT2D eigenvalue weighted by atomic mass is 9.88. The van der Waals surface area contributed by atoms with Crippen molar-refractivity contribution < 1.29 is 0 Å². The fourth-order valence-corrected chi connectivity index (χ4v) is 2.44. The molecule has 2 rings (SSSR count). The first-order valence-corrected chi connectivity index (χ1v) is 6.39. The van der Waals surface area contributed by atoms with Gasteiger partial charge in [0, 0.05) is 23.2 Å². The Hall–Kier alpha value is -0.950. The van der Waals surface area contributed by atoms with E-state index in [-0.39, 0.29) is 0 Å². The van der Waals surface area contributed by atoms with Crippen LogP contribution in [0.1, 0.15) is 37.7 Å². The smallest absolute Gasteiger partial charge is 0.0410 e. The minimum atomic E-state index is 0.529. The molecule has 0 heterocycles. The lowest BCUT2D eigenvalue weighted by molar-refractivity contribution is 0.655. The first-order valence-electron chi connectivity index (χ1n) is 6.01. The Labute approximate surface area is 103 Å². The van der Waals surface area contributed by atoms with E-state index in [0.717, 1.165) is 11.6 Å². The molecule has 0 saturated carbocycles. The molecule has 1 aromatic rings. The summed E-state index contributed by atoms with van der Waals surface area (Å²) in [6.07, 6.45) is 8.32. The summed E-state index contributed by atoms with van der Waals surface area (Å²) in [6.45, 7) is 3.07. The zero-order chi connectivity index (χ0) is 11.4. The largest absolute Gasteiger partial charge is 0.385 e. The van der Waals surface area contributed by atoms with E-state index in [1.54, 1.807) is 0 Å². The molecule has 0 radical (unpaired) electrons. The van der Waals surface area contributed by atoms with Gasteiger partial charge in [0.05, 0.1) is 0 Å². The lowest BCUT2D eigenvalue weighted by Gasteiger charge is -2.20. The molecule has 2 heteroatoms. The van der Waals surface area contributed by atoms with Crippen molar-refractivity contribution in [1.29, 1.82) is 0 Å². The summed E-state index contributed by atoms with van der Waals surface area (Å²) in [5, 5.41) is 4.24. The van der Waals surface area contributed by atoms with Crippen LogP contribution in [0.15, 0.2) is 30.4 Å². The Balaban J connectivity index is 2.32. The highest BCUT2D eigenvalue weighted by Gasteiger charge is 2.14. The molecule has 0 amide bonds. The molecule has 0 aliphatic heterocycles. The number of allylic oxidation sites excluding steroid dienone is 2. The highest BCUT2D eigenvalue weighted by molar-refractivity contribution is 6.30. The molecule has 1 atom stereocenters. The second kappa shape index (κ2) is 5.40. The van der Waals surface area contributed by atoms with Crippen molar-refractivity contribution in [1.82, 2.24) is 0 Å². The molecule has 0 aromatic heterocycles. The molecule has 16 heavy (non-hydrogen) atoms. The van der Waals surface area contributed by atoms with Gasteiger partial charge in [-0.3, -0.25) is 0 Å². The van der Waals surface area contributed by atoms with Crippen molar-refractivity contribution >= 4 is 17.3 Å². The van der Waals surface area contributed by atoms with E-state index >= 15 is 0 Å². The van der Waals surface area contributed by atoms with E-state index in [1.807, 2.05) is 6.07 Å². The molecule has 0 bridgehead atoms. The Morgan fingerprint density at radius 1 is 1.44 bits per heavy atom. The van der Waals surface area contributed by atoms with Gasteiger partial charge in [-0.2, -0.15) is 0 Å². The average molecular weight is 236 g/mol. The first-order chi connectivity index (χ1) is 7.81. The van der Waals surface area contributed by atoms with Crippen LogP contribution in [0.3, 0.4) is 0 Å². The van der Waals surface area contributed by atoms with Crippen LogP contribution in [-0.4, -0.2) is 6.54 Å². The highest BCUT2D eigenvalue weighted by atomic mass is 35.5. The summed E-state index contributed by atoms with van der Waals surface area (Å²) in [6, 6.07) is 6.14. The topological polar surface area (TPSA) is 12.0 Å². The van der Waals surface area contributed by atoms with Crippen LogP contribution in [0.5, 0.6) is 0 Å². The quantitative estimate of drug-likeness (QED) is 0.756. The van der Waals surface area contributed by atoms with Gasteiger partial charge in [0.25, 0.3) is 0 Å². The lowest BCUT2D eigenvalue weighted by Crippen LogP contribution is -2.06. The Morgan fingerprint density at radius 3 is 3.00 bits per heavy atom. The molecule has 1 aliphatic carbocycles. The molecule has 1 nitrogen and oxygen atoms in total. The van der Waals surface area contributed by atoms with Crippen LogP contribution in [-0.2, 0) is 0 Å². The standard InChI is InChI=1S/C14H18ClN/c1-2-16-14-9-8-12(15)10-13(14)11-6-4-3-5-7-11/h4,6,8-11,16H,2-3,5,7H2,1H3. The molecule has 0 fully saturated rings. The van der Waals surface area contributed by atoms with Gasteiger partial charge < -0.3 is 5.32 Å². The minimum absolute atomic E-state index is 0.529. The second-order valence-corrected chi connectivity index (χ2v) is 4.66. The molecule has 0 spiro atoms. The third-order valence-electron chi connectivity index (χ3n) is 3.03. The third-order valence-corrected chi connectivity index (χ3v) is 3.27. The van der Waals surface area contributed by atoms with E-state index < -0.39 is 0 Å². The number of hydrogen-bond donors (Lipinski definition) is 1. The maximum Gasteiger partial charge on any atom is 0.0410 e. The van der Waals surface area contributed by atoms with Crippen LogP contribution in [0.4, 0.5) is 5.69 Å². The van der Waals surface area contributed by atoms with Gasteiger partial charge >= 0.3 is 0 Å². The van der Waals surface area contributed by atoms with Crippen molar-refractivity contribution in [3.63, 3.8) is 0 Å². The van der Waals surface area contributed by atoms with E-state index in [0.29, 0.717) is 5.92 Å². The number of hydrogen-bond acceptors (Lipinski definition) is 1. The zero-order valence-corrected chi connectivity index (χ0v) is 10.4. The van der Waals surface area contributed by atoms with Gasteiger partial charge in [0.2, 0.25) is 0 Å². The second-order valence-electron chi connectivity index (χ2n) is 4.23. The molecule has 0 saturated heterocycles. The number of anilines is 1. The van der Waals surface area contributed by atoms with Crippen LogP contribution in [0, 0.1) is 0 Å². The van der Waals surface area contributed by atoms with Crippen molar-refractivity contribution in [3.8, 4) is 0 Å². The van der Waals surface area contributed by atoms with Gasteiger partial charge in [-0.05, 0) is 49.9 Å². The monoisotopic (exact) mass is 235 g/mol. The van der Waals surface area contributed by atoms with E-state index in [4.69, 9.17) is 11.6 Å². The average Bonchev–Trinajstić information content (AvgIpc) is 2.33. The van der Waals surface area contributed by atoms with Crippen molar-refractivity contribution in [2.75, 3.05) is 11.9 Å². The minimum Gasteiger partial charge on any atom is -0.385 e. The Morgan fingerprint density at radius 2 is 2.31 bits per heavy atom. The van der Waals surface area contributed by atoms with Crippen molar-refractivity contribution in [2.24, 2.45) is 0 Å². The molecular formula is C14H18ClN. The summed E-state index contributed by atoms with van der Waals surface area (Å²) in [4.78, 5) is 0. The fourth-order valence-electron chi connectivity index (χ4n) is 2.26.